The number of fused-ring (bicyclic) bond motifs is 1. The zero-order valence-electron chi connectivity index (χ0n) is 19.5. The lowest BCUT2D eigenvalue weighted by molar-refractivity contribution is 0.0945. The van der Waals surface area contributed by atoms with E-state index in [1.165, 1.54) is 27.3 Å². The standard InChI is InChI=1S/C27H30N2O4S/c1-19-6-7-20(17-26(19)21-8-10-22(11-9-21)27(31)28-13-15-30)16-23-4-3-5-24-18-29(34(2,32)33)14-12-25(23)24/h3-11,17,30H,12-16,18H2,1-2H3,(H,28,31). The lowest BCUT2D eigenvalue weighted by Crippen LogP contribution is -2.35. The molecule has 1 heterocycles. The Morgan fingerprint density at radius 2 is 1.85 bits per heavy atom. The Bertz CT molecular complexity index is 1300. The molecule has 0 radical (unpaired) electrons. The quantitative estimate of drug-likeness (QED) is 0.546. The van der Waals surface area contributed by atoms with Gasteiger partial charge in [-0.1, -0.05) is 48.5 Å². The first-order valence-electron chi connectivity index (χ1n) is 11.4. The van der Waals surface area contributed by atoms with Gasteiger partial charge in [0.15, 0.2) is 0 Å². The van der Waals surface area contributed by atoms with E-state index in [-0.39, 0.29) is 19.1 Å². The van der Waals surface area contributed by atoms with Crippen LogP contribution >= 0.6 is 0 Å². The van der Waals surface area contributed by atoms with Gasteiger partial charge in [-0.05, 0) is 70.8 Å². The van der Waals surface area contributed by atoms with Gasteiger partial charge in [0, 0.05) is 25.2 Å². The second-order valence-electron chi connectivity index (χ2n) is 8.78. The summed E-state index contributed by atoms with van der Waals surface area (Å²) in [5, 5.41) is 11.6. The molecule has 34 heavy (non-hydrogen) atoms. The van der Waals surface area contributed by atoms with Crippen LogP contribution in [0.2, 0.25) is 0 Å². The maximum atomic E-state index is 12.1. The fourth-order valence-electron chi connectivity index (χ4n) is 4.49. The molecule has 0 saturated heterocycles. The van der Waals surface area contributed by atoms with Crippen LogP contribution in [0.15, 0.2) is 60.7 Å². The summed E-state index contributed by atoms with van der Waals surface area (Å²) in [4.78, 5) is 12.1. The zero-order chi connectivity index (χ0) is 24.3. The van der Waals surface area contributed by atoms with Gasteiger partial charge >= 0.3 is 0 Å². The molecule has 4 rings (SSSR count). The molecule has 178 valence electrons. The molecule has 1 aliphatic heterocycles. The number of aliphatic hydroxyl groups is 1. The Kier molecular flexibility index (Phi) is 7.16. The number of carbonyl (C=O) groups excluding carboxylic acids is 1. The molecule has 2 N–H and O–H groups in total. The van der Waals surface area contributed by atoms with Crippen molar-refractivity contribution in [2.75, 3.05) is 26.0 Å². The van der Waals surface area contributed by atoms with Crippen LogP contribution in [0.25, 0.3) is 11.1 Å². The summed E-state index contributed by atoms with van der Waals surface area (Å²) in [6.07, 6.45) is 2.76. The molecule has 0 aromatic heterocycles. The number of sulfonamides is 1. The van der Waals surface area contributed by atoms with Crippen LogP contribution in [-0.4, -0.2) is 49.7 Å². The van der Waals surface area contributed by atoms with Crippen molar-refractivity contribution in [3.8, 4) is 11.1 Å². The molecule has 6 nitrogen and oxygen atoms in total. The van der Waals surface area contributed by atoms with Gasteiger partial charge in [0.05, 0.1) is 12.9 Å². The van der Waals surface area contributed by atoms with E-state index >= 15 is 0 Å². The highest BCUT2D eigenvalue weighted by molar-refractivity contribution is 7.88. The summed E-state index contributed by atoms with van der Waals surface area (Å²) in [7, 11) is -3.20. The first kappa shape index (κ1) is 24.1. The Morgan fingerprint density at radius 3 is 2.56 bits per heavy atom. The van der Waals surface area contributed by atoms with E-state index in [9.17, 15) is 13.2 Å². The van der Waals surface area contributed by atoms with Gasteiger partial charge in [-0.3, -0.25) is 4.79 Å². The largest absolute Gasteiger partial charge is 0.395 e. The number of nitrogens with one attached hydrogen (secondary N) is 1. The molecule has 3 aromatic carbocycles. The number of aliphatic hydroxyl groups excluding tert-OH is 1. The zero-order valence-corrected chi connectivity index (χ0v) is 20.4. The van der Waals surface area contributed by atoms with E-state index in [0.717, 1.165) is 35.1 Å². The fraction of sp³-hybridized carbons (Fsp3) is 0.296. The third kappa shape index (κ3) is 5.38. The number of hydrogen-bond acceptors (Lipinski definition) is 4. The highest BCUT2D eigenvalue weighted by Gasteiger charge is 2.24. The minimum Gasteiger partial charge on any atom is -0.395 e. The number of nitrogens with zero attached hydrogens (tertiary/aromatic N) is 1. The topological polar surface area (TPSA) is 86.7 Å². The fourth-order valence-corrected chi connectivity index (χ4v) is 5.29. The van der Waals surface area contributed by atoms with Gasteiger partial charge in [-0.2, -0.15) is 4.31 Å². The van der Waals surface area contributed by atoms with Gasteiger partial charge in [-0.15, -0.1) is 0 Å². The summed E-state index contributed by atoms with van der Waals surface area (Å²) < 4.78 is 25.5. The SMILES string of the molecule is Cc1ccc(Cc2cccc3c2CCN(S(C)(=O)=O)C3)cc1-c1ccc(C(=O)NCCO)cc1. The highest BCUT2D eigenvalue weighted by Crippen LogP contribution is 2.29. The Labute approximate surface area is 201 Å². The second kappa shape index (κ2) is 10.1. The molecule has 0 aliphatic carbocycles. The monoisotopic (exact) mass is 478 g/mol. The third-order valence-corrected chi connectivity index (χ3v) is 7.60. The number of amides is 1. The summed E-state index contributed by atoms with van der Waals surface area (Å²) in [5.41, 5.74) is 8.62. The molecule has 0 unspecified atom stereocenters. The average molecular weight is 479 g/mol. The van der Waals surface area contributed by atoms with Crippen LogP contribution in [0.5, 0.6) is 0 Å². The van der Waals surface area contributed by atoms with Gasteiger partial charge in [0.2, 0.25) is 10.0 Å². The Balaban J connectivity index is 1.57. The van der Waals surface area contributed by atoms with Crippen LogP contribution in [0, 0.1) is 6.92 Å². The van der Waals surface area contributed by atoms with Crippen LogP contribution in [0.4, 0.5) is 0 Å². The van der Waals surface area contributed by atoms with Crippen LogP contribution in [0.1, 0.15) is 38.2 Å². The molecule has 1 amide bonds. The highest BCUT2D eigenvalue weighted by atomic mass is 32.2. The maximum absolute atomic E-state index is 12.1. The van der Waals surface area contributed by atoms with E-state index in [1.807, 2.05) is 24.3 Å². The Morgan fingerprint density at radius 1 is 1.09 bits per heavy atom. The molecule has 1 aliphatic rings. The summed E-state index contributed by atoms with van der Waals surface area (Å²) in [6, 6.07) is 20.1. The summed E-state index contributed by atoms with van der Waals surface area (Å²) in [5.74, 6) is -0.200. The third-order valence-electron chi connectivity index (χ3n) is 6.35. The summed E-state index contributed by atoms with van der Waals surface area (Å²) >= 11 is 0. The molecule has 3 aromatic rings. The lowest BCUT2D eigenvalue weighted by Gasteiger charge is -2.28. The van der Waals surface area contributed by atoms with Crippen molar-refractivity contribution in [2.24, 2.45) is 0 Å². The molecule has 7 heteroatoms. The average Bonchev–Trinajstić information content (AvgIpc) is 2.83. The van der Waals surface area contributed by atoms with Crippen molar-refractivity contribution in [1.82, 2.24) is 9.62 Å². The minimum absolute atomic E-state index is 0.0869. The van der Waals surface area contributed by atoms with E-state index in [2.05, 4.69) is 36.5 Å². The minimum atomic E-state index is -3.20. The summed E-state index contributed by atoms with van der Waals surface area (Å²) in [6.45, 7) is 3.17. The smallest absolute Gasteiger partial charge is 0.251 e. The molecule has 0 bridgehead atoms. The van der Waals surface area contributed by atoms with Crippen molar-refractivity contribution >= 4 is 15.9 Å². The van der Waals surface area contributed by atoms with Crippen LogP contribution in [0.3, 0.4) is 0 Å². The number of benzene rings is 3. The predicted molar refractivity (Wildman–Crippen MR) is 134 cm³/mol. The van der Waals surface area contributed by atoms with Crippen LogP contribution in [-0.2, 0) is 29.4 Å². The van der Waals surface area contributed by atoms with Crippen molar-refractivity contribution in [1.29, 1.82) is 0 Å². The molecule has 0 saturated carbocycles. The van der Waals surface area contributed by atoms with E-state index in [1.54, 1.807) is 12.1 Å². The van der Waals surface area contributed by atoms with Crippen molar-refractivity contribution in [3.05, 3.63) is 94.0 Å². The van der Waals surface area contributed by atoms with Gasteiger partial charge < -0.3 is 10.4 Å². The lowest BCUT2D eigenvalue weighted by atomic mass is 9.90. The normalized spacial score (nSPS) is 14.0. The number of carbonyl (C=O) groups is 1. The van der Waals surface area contributed by atoms with E-state index in [0.29, 0.717) is 18.7 Å². The number of rotatable bonds is 7. The van der Waals surface area contributed by atoms with Gasteiger partial charge in [-0.25, -0.2) is 8.42 Å². The molecular weight excluding hydrogens is 448 g/mol. The van der Waals surface area contributed by atoms with Gasteiger partial charge in [0.25, 0.3) is 5.91 Å². The number of hydrogen-bond donors (Lipinski definition) is 2. The second-order valence-corrected chi connectivity index (χ2v) is 10.8. The molecular formula is C27H30N2O4S. The number of aryl methyl sites for hydroxylation is 1. The van der Waals surface area contributed by atoms with Crippen molar-refractivity contribution < 1.29 is 18.3 Å². The van der Waals surface area contributed by atoms with Crippen molar-refractivity contribution in [2.45, 2.75) is 26.3 Å². The molecule has 0 atom stereocenters. The maximum Gasteiger partial charge on any atom is 0.251 e. The predicted octanol–water partition coefficient (Wildman–Crippen LogP) is 3.29. The van der Waals surface area contributed by atoms with E-state index in [4.69, 9.17) is 5.11 Å². The molecule has 0 spiro atoms. The first-order chi connectivity index (χ1) is 16.3. The van der Waals surface area contributed by atoms with Gasteiger partial charge in [0.1, 0.15) is 0 Å². The van der Waals surface area contributed by atoms with Crippen molar-refractivity contribution in [3.63, 3.8) is 0 Å². The van der Waals surface area contributed by atoms with E-state index < -0.39 is 10.0 Å². The van der Waals surface area contributed by atoms with Crippen LogP contribution < -0.4 is 5.32 Å². The first-order valence-corrected chi connectivity index (χ1v) is 13.2. The molecule has 0 fully saturated rings. The Hall–Kier alpha value is -3.00.